The molecule has 0 aliphatic heterocycles. The third-order valence-electron chi connectivity index (χ3n) is 4.78. The van der Waals surface area contributed by atoms with Crippen LogP contribution in [0.2, 0.25) is 0 Å². The van der Waals surface area contributed by atoms with Crippen molar-refractivity contribution in [2.45, 2.75) is 13.5 Å². The first kappa shape index (κ1) is 20.8. The summed E-state index contributed by atoms with van der Waals surface area (Å²) in [6.07, 6.45) is 0. The fraction of sp³-hybridized carbons (Fsp3) is 0.0833. The molecule has 0 unspecified atom stereocenters. The van der Waals surface area contributed by atoms with Crippen LogP contribution in [0.5, 0.6) is 5.75 Å². The summed E-state index contributed by atoms with van der Waals surface area (Å²) in [7, 11) is 0. The van der Waals surface area contributed by atoms with Gasteiger partial charge in [0.1, 0.15) is 24.0 Å². The van der Waals surface area contributed by atoms with E-state index in [1.165, 1.54) is 18.2 Å². The van der Waals surface area contributed by atoms with Crippen LogP contribution in [-0.2, 0) is 6.61 Å². The zero-order valence-electron chi connectivity index (χ0n) is 16.5. The number of nitrogens with zero attached hydrogens (tertiary/aromatic N) is 2. The van der Waals surface area contributed by atoms with Gasteiger partial charge < -0.3 is 9.84 Å². The molecule has 4 aromatic rings. The number of aromatic carboxylic acids is 1. The molecular formula is C24H18BrFN2O3. The van der Waals surface area contributed by atoms with Crippen LogP contribution in [0.4, 0.5) is 4.39 Å². The van der Waals surface area contributed by atoms with Gasteiger partial charge >= 0.3 is 5.97 Å². The molecule has 1 N–H and O–H groups in total. The zero-order valence-corrected chi connectivity index (χ0v) is 18.1. The Morgan fingerprint density at radius 3 is 2.61 bits per heavy atom. The SMILES string of the molecule is Cc1ccc(-c2cc(Br)ccc2OCc2ccc(F)cc2)n1-c1cccc(C(=O)O)n1. The fourth-order valence-corrected chi connectivity index (χ4v) is 3.65. The molecule has 0 atom stereocenters. The third kappa shape index (κ3) is 4.51. The highest BCUT2D eigenvalue weighted by Crippen LogP contribution is 2.35. The van der Waals surface area contributed by atoms with Gasteiger partial charge in [0.25, 0.3) is 0 Å². The maximum atomic E-state index is 13.2. The number of pyridine rings is 1. The number of carboxylic acid groups (broad SMARTS) is 1. The molecule has 0 aliphatic rings. The number of hydrogen-bond acceptors (Lipinski definition) is 3. The number of hydrogen-bond donors (Lipinski definition) is 1. The molecule has 0 saturated carbocycles. The van der Waals surface area contributed by atoms with Crippen molar-refractivity contribution in [2.24, 2.45) is 0 Å². The van der Waals surface area contributed by atoms with Crippen LogP contribution in [0.25, 0.3) is 17.1 Å². The molecule has 0 amide bonds. The highest BCUT2D eigenvalue weighted by molar-refractivity contribution is 9.10. The van der Waals surface area contributed by atoms with Crippen molar-refractivity contribution in [3.8, 4) is 22.8 Å². The largest absolute Gasteiger partial charge is 0.488 e. The van der Waals surface area contributed by atoms with Crippen molar-refractivity contribution in [1.29, 1.82) is 0 Å². The van der Waals surface area contributed by atoms with Gasteiger partial charge in [0.2, 0.25) is 0 Å². The summed E-state index contributed by atoms with van der Waals surface area (Å²) >= 11 is 3.52. The van der Waals surface area contributed by atoms with Crippen LogP contribution in [0.1, 0.15) is 21.7 Å². The van der Waals surface area contributed by atoms with Gasteiger partial charge in [-0.15, -0.1) is 0 Å². The average Bonchev–Trinajstić information content (AvgIpc) is 3.15. The first-order chi connectivity index (χ1) is 14.9. The van der Waals surface area contributed by atoms with Crippen LogP contribution >= 0.6 is 15.9 Å². The molecule has 0 aliphatic carbocycles. The van der Waals surface area contributed by atoms with E-state index in [4.69, 9.17) is 4.74 Å². The molecule has 2 aromatic carbocycles. The van der Waals surface area contributed by atoms with Crippen molar-refractivity contribution in [2.75, 3.05) is 0 Å². The standard InChI is InChI=1S/C24H18BrFN2O3/c1-15-5-11-21(28(15)23-4-2-3-20(27-23)24(29)30)19-13-17(25)8-12-22(19)31-14-16-6-9-18(26)10-7-16/h2-13H,14H2,1H3,(H,29,30). The van der Waals surface area contributed by atoms with Gasteiger partial charge in [-0.25, -0.2) is 14.2 Å². The molecule has 0 fully saturated rings. The summed E-state index contributed by atoms with van der Waals surface area (Å²) in [5.41, 5.74) is 3.33. The number of carboxylic acids is 1. The number of ether oxygens (including phenoxy) is 1. The molecule has 4 rings (SSSR count). The second-order valence-electron chi connectivity index (χ2n) is 6.94. The maximum Gasteiger partial charge on any atom is 0.354 e. The maximum absolute atomic E-state index is 13.2. The lowest BCUT2D eigenvalue weighted by Gasteiger charge is -2.16. The molecule has 5 nitrogen and oxygen atoms in total. The zero-order chi connectivity index (χ0) is 22.0. The Labute approximate surface area is 186 Å². The van der Waals surface area contributed by atoms with Gasteiger partial charge in [0.15, 0.2) is 5.69 Å². The molecule has 2 aromatic heterocycles. The Morgan fingerprint density at radius 1 is 1.10 bits per heavy atom. The van der Waals surface area contributed by atoms with Gasteiger partial charge in [-0.3, -0.25) is 4.57 Å². The Kier molecular flexibility index (Phi) is 5.86. The van der Waals surface area contributed by atoms with Crippen molar-refractivity contribution < 1.29 is 19.0 Å². The van der Waals surface area contributed by atoms with Gasteiger partial charge in [-0.1, -0.05) is 34.1 Å². The van der Waals surface area contributed by atoms with Crippen molar-refractivity contribution in [1.82, 2.24) is 9.55 Å². The van der Waals surface area contributed by atoms with Crippen LogP contribution < -0.4 is 4.74 Å². The quantitative estimate of drug-likeness (QED) is 0.366. The minimum atomic E-state index is -1.08. The van der Waals surface area contributed by atoms with E-state index in [9.17, 15) is 14.3 Å². The number of aromatic nitrogens is 2. The Balaban J connectivity index is 1.75. The first-order valence-corrected chi connectivity index (χ1v) is 10.3. The summed E-state index contributed by atoms with van der Waals surface area (Å²) in [5, 5.41) is 9.32. The van der Waals surface area contributed by atoms with E-state index >= 15 is 0 Å². The van der Waals surface area contributed by atoms with Gasteiger partial charge in [-0.05, 0) is 67.1 Å². The molecule has 0 bridgehead atoms. The third-order valence-corrected chi connectivity index (χ3v) is 5.28. The lowest BCUT2D eigenvalue weighted by atomic mass is 10.1. The Bertz CT molecular complexity index is 1250. The number of rotatable bonds is 6. The normalized spacial score (nSPS) is 10.8. The number of benzene rings is 2. The number of carbonyl (C=O) groups is 1. The van der Waals surface area contributed by atoms with Gasteiger partial charge in [-0.2, -0.15) is 0 Å². The summed E-state index contributed by atoms with van der Waals surface area (Å²) in [5.74, 6) is -0.236. The number of aryl methyl sites for hydroxylation is 1. The highest BCUT2D eigenvalue weighted by atomic mass is 79.9. The predicted molar refractivity (Wildman–Crippen MR) is 119 cm³/mol. The Morgan fingerprint density at radius 2 is 1.87 bits per heavy atom. The topological polar surface area (TPSA) is 64.3 Å². The van der Waals surface area contributed by atoms with E-state index in [0.717, 1.165) is 27.0 Å². The summed E-state index contributed by atoms with van der Waals surface area (Å²) in [6.45, 7) is 2.21. The smallest absolute Gasteiger partial charge is 0.354 e. The predicted octanol–water partition coefficient (Wildman–Crippen LogP) is 6.03. The van der Waals surface area contributed by atoms with Crippen molar-refractivity contribution in [3.05, 3.63) is 100 Å². The minimum Gasteiger partial charge on any atom is -0.488 e. The second kappa shape index (κ2) is 8.73. The van der Waals surface area contributed by atoms with E-state index < -0.39 is 5.97 Å². The van der Waals surface area contributed by atoms with E-state index in [2.05, 4.69) is 20.9 Å². The Hall–Kier alpha value is -3.45. The molecule has 7 heteroatoms. The highest BCUT2D eigenvalue weighted by Gasteiger charge is 2.17. The monoisotopic (exact) mass is 480 g/mol. The van der Waals surface area contributed by atoms with Crippen molar-refractivity contribution in [3.63, 3.8) is 0 Å². The molecule has 2 heterocycles. The molecule has 31 heavy (non-hydrogen) atoms. The van der Waals surface area contributed by atoms with Crippen molar-refractivity contribution >= 4 is 21.9 Å². The van der Waals surface area contributed by atoms with Gasteiger partial charge in [0.05, 0.1) is 5.69 Å². The summed E-state index contributed by atoms with van der Waals surface area (Å²) in [6, 6.07) is 20.6. The van der Waals surface area contributed by atoms with E-state index in [1.807, 2.05) is 41.8 Å². The summed E-state index contributed by atoms with van der Waals surface area (Å²) in [4.78, 5) is 15.7. The van der Waals surface area contributed by atoms with Crippen LogP contribution in [0.15, 0.2) is 77.3 Å². The number of halogens is 2. The van der Waals surface area contributed by atoms with E-state index in [1.54, 1.807) is 24.3 Å². The molecule has 156 valence electrons. The second-order valence-corrected chi connectivity index (χ2v) is 7.85. The lowest BCUT2D eigenvalue weighted by Crippen LogP contribution is -2.07. The average molecular weight is 481 g/mol. The van der Waals surface area contributed by atoms with Crippen LogP contribution in [0.3, 0.4) is 0 Å². The summed E-state index contributed by atoms with van der Waals surface area (Å²) < 4.78 is 22.0. The van der Waals surface area contributed by atoms with Crippen LogP contribution in [0, 0.1) is 12.7 Å². The fourth-order valence-electron chi connectivity index (χ4n) is 3.29. The van der Waals surface area contributed by atoms with E-state index in [0.29, 0.717) is 11.6 Å². The van der Waals surface area contributed by atoms with E-state index in [-0.39, 0.29) is 18.1 Å². The molecule has 0 saturated heterocycles. The molecule has 0 spiro atoms. The molecule has 0 radical (unpaired) electrons. The minimum absolute atomic E-state index is 0.0291. The molecular weight excluding hydrogens is 463 g/mol. The van der Waals surface area contributed by atoms with Crippen LogP contribution in [-0.4, -0.2) is 20.6 Å². The first-order valence-electron chi connectivity index (χ1n) is 9.48. The van der Waals surface area contributed by atoms with Gasteiger partial charge in [0, 0.05) is 15.7 Å². The lowest BCUT2D eigenvalue weighted by molar-refractivity contribution is 0.0690.